The van der Waals surface area contributed by atoms with E-state index in [9.17, 15) is 5.11 Å². The van der Waals surface area contributed by atoms with Gasteiger partial charge in [0.15, 0.2) is 0 Å². The minimum atomic E-state index is -0.317. The van der Waals surface area contributed by atoms with Crippen molar-refractivity contribution in [2.24, 2.45) is 5.92 Å². The van der Waals surface area contributed by atoms with Crippen LogP contribution in [0.2, 0.25) is 0 Å². The molecule has 0 bridgehead atoms. The van der Waals surface area contributed by atoms with E-state index >= 15 is 0 Å². The van der Waals surface area contributed by atoms with Crippen LogP contribution in [0.4, 0.5) is 0 Å². The molecule has 0 saturated heterocycles. The van der Waals surface area contributed by atoms with Gasteiger partial charge in [0, 0.05) is 0 Å². The molecule has 1 heterocycles. The van der Waals surface area contributed by atoms with E-state index in [0.717, 1.165) is 23.4 Å². The van der Waals surface area contributed by atoms with Crippen LogP contribution in [-0.2, 0) is 0 Å². The molecule has 1 rings (SSSR count). The highest BCUT2D eigenvalue weighted by Crippen LogP contribution is 2.27. The maximum Gasteiger partial charge on any atom is 0.0903 e. The Kier molecular flexibility index (Phi) is 3.88. The van der Waals surface area contributed by atoms with Crippen molar-refractivity contribution in [1.82, 2.24) is 4.98 Å². The van der Waals surface area contributed by atoms with Crippen molar-refractivity contribution in [3.63, 3.8) is 0 Å². The Bertz CT molecular complexity index is 259. The largest absolute Gasteiger partial charge is 0.387 e. The van der Waals surface area contributed by atoms with Crippen molar-refractivity contribution in [3.8, 4) is 0 Å². The summed E-state index contributed by atoms with van der Waals surface area (Å²) < 4.78 is 0. The SMILES string of the molecule is CCC(C)CC(O)c1scnc1C. The molecule has 74 valence electrons. The summed E-state index contributed by atoms with van der Waals surface area (Å²) in [6, 6.07) is 0. The summed E-state index contributed by atoms with van der Waals surface area (Å²) in [5.74, 6) is 0.580. The highest BCUT2D eigenvalue weighted by Gasteiger charge is 2.15. The molecule has 2 nitrogen and oxygen atoms in total. The minimum Gasteiger partial charge on any atom is -0.387 e. The van der Waals surface area contributed by atoms with E-state index in [1.165, 1.54) is 0 Å². The first-order valence-electron chi connectivity index (χ1n) is 4.73. The average Bonchev–Trinajstić information content (AvgIpc) is 2.51. The summed E-state index contributed by atoms with van der Waals surface area (Å²) in [5, 5.41) is 9.86. The Balaban J connectivity index is 2.58. The van der Waals surface area contributed by atoms with Gasteiger partial charge >= 0.3 is 0 Å². The molecule has 0 aliphatic carbocycles. The van der Waals surface area contributed by atoms with Crippen LogP contribution in [0, 0.1) is 12.8 Å². The quantitative estimate of drug-likeness (QED) is 0.808. The zero-order valence-corrected chi connectivity index (χ0v) is 9.27. The predicted octanol–water partition coefficient (Wildman–Crippen LogP) is 2.92. The van der Waals surface area contributed by atoms with Crippen LogP contribution < -0.4 is 0 Å². The summed E-state index contributed by atoms with van der Waals surface area (Å²) >= 11 is 1.55. The monoisotopic (exact) mass is 199 g/mol. The molecule has 1 aromatic heterocycles. The lowest BCUT2D eigenvalue weighted by molar-refractivity contribution is 0.149. The highest BCUT2D eigenvalue weighted by atomic mass is 32.1. The summed E-state index contributed by atoms with van der Waals surface area (Å²) in [7, 11) is 0. The van der Waals surface area contributed by atoms with Crippen LogP contribution in [0.25, 0.3) is 0 Å². The standard InChI is InChI=1S/C10H17NOS/c1-4-7(2)5-9(12)10-8(3)11-6-13-10/h6-7,9,12H,4-5H2,1-3H3. The van der Waals surface area contributed by atoms with E-state index < -0.39 is 0 Å². The second-order valence-electron chi connectivity index (χ2n) is 3.57. The molecule has 2 atom stereocenters. The molecule has 0 saturated carbocycles. The first-order valence-corrected chi connectivity index (χ1v) is 5.61. The Morgan fingerprint density at radius 1 is 1.62 bits per heavy atom. The normalized spacial score (nSPS) is 15.7. The summed E-state index contributed by atoms with van der Waals surface area (Å²) in [6.07, 6.45) is 1.65. The smallest absolute Gasteiger partial charge is 0.0903 e. The van der Waals surface area contributed by atoms with E-state index in [1.807, 2.05) is 6.92 Å². The van der Waals surface area contributed by atoms with Crippen molar-refractivity contribution in [1.29, 1.82) is 0 Å². The summed E-state index contributed by atoms with van der Waals surface area (Å²) in [4.78, 5) is 5.16. The average molecular weight is 199 g/mol. The molecule has 0 fully saturated rings. The molecule has 13 heavy (non-hydrogen) atoms. The number of thiazole rings is 1. The third kappa shape index (κ3) is 2.78. The number of aryl methyl sites for hydroxylation is 1. The van der Waals surface area contributed by atoms with Crippen molar-refractivity contribution in [2.45, 2.75) is 39.7 Å². The van der Waals surface area contributed by atoms with Gasteiger partial charge in [-0.15, -0.1) is 11.3 Å². The number of aliphatic hydroxyl groups excluding tert-OH is 1. The van der Waals surface area contributed by atoms with Gasteiger partial charge in [0.2, 0.25) is 0 Å². The number of aromatic nitrogens is 1. The van der Waals surface area contributed by atoms with Gasteiger partial charge in [0.05, 0.1) is 22.2 Å². The number of rotatable bonds is 4. The van der Waals surface area contributed by atoms with E-state index in [1.54, 1.807) is 16.8 Å². The Labute approximate surface area is 83.6 Å². The lowest BCUT2D eigenvalue weighted by Crippen LogP contribution is -2.03. The molecular weight excluding hydrogens is 182 g/mol. The molecule has 0 aliphatic rings. The van der Waals surface area contributed by atoms with Crippen molar-refractivity contribution in [2.75, 3.05) is 0 Å². The fourth-order valence-corrected chi connectivity index (χ4v) is 2.09. The third-order valence-corrected chi connectivity index (χ3v) is 3.44. The van der Waals surface area contributed by atoms with Crippen LogP contribution in [0.1, 0.15) is 43.4 Å². The minimum absolute atomic E-state index is 0.317. The Morgan fingerprint density at radius 2 is 2.31 bits per heavy atom. The van der Waals surface area contributed by atoms with Gasteiger partial charge in [-0.1, -0.05) is 20.3 Å². The summed E-state index contributed by atoms with van der Waals surface area (Å²) in [5.41, 5.74) is 2.77. The van der Waals surface area contributed by atoms with Crippen LogP contribution in [0.5, 0.6) is 0 Å². The van der Waals surface area contributed by atoms with Gasteiger partial charge in [0.25, 0.3) is 0 Å². The topological polar surface area (TPSA) is 33.1 Å². The molecule has 0 aliphatic heterocycles. The molecule has 3 heteroatoms. The third-order valence-electron chi connectivity index (χ3n) is 2.41. The van der Waals surface area contributed by atoms with Gasteiger partial charge in [0.1, 0.15) is 0 Å². The van der Waals surface area contributed by atoms with Gasteiger partial charge in [-0.05, 0) is 19.3 Å². The van der Waals surface area contributed by atoms with Crippen molar-refractivity contribution in [3.05, 3.63) is 16.1 Å². The molecule has 0 amide bonds. The lowest BCUT2D eigenvalue weighted by Gasteiger charge is -2.13. The van der Waals surface area contributed by atoms with Gasteiger partial charge in [-0.2, -0.15) is 0 Å². The molecule has 1 aromatic rings. The first-order chi connectivity index (χ1) is 6.15. The predicted molar refractivity (Wildman–Crippen MR) is 55.9 cm³/mol. The fraction of sp³-hybridized carbons (Fsp3) is 0.700. The first kappa shape index (κ1) is 10.7. The maximum absolute atomic E-state index is 9.86. The van der Waals surface area contributed by atoms with Crippen molar-refractivity contribution < 1.29 is 5.11 Å². The molecule has 0 radical (unpaired) electrons. The summed E-state index contributed by atoms with van der Waals surface area (Å²) in [6.45, 7) is 6.27. The molecule has 0 spiro atoms. The van der Waals surface area contributed by atoms with Gasteiger partial charge in [-0.3, -0.25) is 0 Å². The van der Waals surface area contributed by atoms with Crippen LogP contribution in [0.3, 0.4) is 0 Å². The van der Waals surface area contributed by atoms with Crippen LogP contribution in [-0.4, -0.2) is 10.1 Å². The van der Waals surface area contributed by atoms with E-state index in [4.69, 9.17) is 0 Å². The number of nitrogens with zero attached hydrogens (tertiary/aromatic N) is 1. The van der Waals surface area contributed by atoms with Gasteiger partial charge < -0.3 is 5.11 Å². The number of aliphatic hydroxyl groups is 1. The van der Waals surface area contributed by atoms with E-state index in [2.05, 4.69) is 18.8 Å². The van der Waals surface area contributed by atoms with Crippen LogP contribution in [0.15, 0.2) is 5.51 Å². The number of hydrogen-bond donors (Lipinski definition) is 1. The number of hydrogen-bond acceptors (Lipinski definition) is 3. The highest BCUT2D eigenvalue weighted by molar-refractivity contribution is 7.09. The lowest BCUT2D eigenvalue weighted by atomic mass is 10.00. The van der Waals surface area contributed by atoms with Crippen LogP contribution >= 0.6 is 11.3 Å². The zero-order valence-electron chi connectivity index (χ0n) is 8.45. The van der Waals surface area contributed by atoms with Crippen molar-refractivity contribution >= 4 is 11.3 Å². The second kappa shape index (κ2) is 4.72. The molecule has 2 unspecified atom stereocenters. The fourth-order valence-electron chi connectivity index (χ4n) is 1.29. The maximum atomic E-state index is 9.86. The van der Waals surface area contributed by atoms with E-state index in [-0.39, 0.29) is 6.10 Å². The Hall–Kier alpha value is -0.410. The second-order valence-corrected chi connectivity index (χ2v) is 4.45. The molecular formula is C10H17NOS. The molecule has 0 aromatic carbocycles. The Morgan fingerprint density at radius 3 is 2.77 bits per heavy atom. The zero-order chi connectivity index (χ0) is 9.84. The van der Waals surface area contributed by atoms with Gasteiger partial charge in [-0.25, -0.2) is 4.98 Å². The van der Waals surface area contributed by atoms with E-state index in [0.29, 0.717) is 5.92 Å². The molecule has 1 N–H and O–H groups in total.